The third kappa shape index (κ3) is 3.12. The van der Waals surface area contributed by atoms with Gasteiger partial charge in [-0.05, 0) is 55.6 Å². The van der Waals surface area contributed by atoms with E-state index in [4.69, 9.17) is 9.84 Å². The van der Waals surface area contributed by atoms with Gasteiger partial charge in [-0.25, -0.2) is 4.79 Å². The topological polar surface area (TPSA) is 46.5 Å². The Kier molecular flexibility index (Phi) is 4.00. The Balaban J connectivity index is 1.70. The number of fused-ring (bicyclic) bond motifs is 2. The van der Waals surface area contributed by atoms with Crippen molar-refractivity contribution in [1.82, 2.24) is 0 Å². The third-order valence-electron chi connectivity index (χ3n) is 4.97. The molecule has 0 heterocycles. The summed E-state index contributed by atoms with van der Waals surface area (Å²) in [6.45, 7) is 2.77. The van der Waals surface area contributed by atoms with Crippen LogP contribution in [0, 0.1) is 24.7 Å². The summed E-state index contributed by atoms with van der Waals surface area (Å²) in [6.07, 6.45) is 8.23. The summed E-state index contributed by atoms with van der Waals surface area (Å²) < 4.78 is 6.09. The third-order valence-corrected chi connectivity index (χ3v) is 4.97. The van der Waals surface area contributed by atoms with Gasteiger partial charge in [0.2, 0.25) is 0 Å². The van der Waals surface area contributed by atoms with E-state index < -0.39 is 5.97 Å². The number of carbonyl (C=O) groups is 1. The average molecular weight is 286 g/mol. The Morgan fingerprint density at radius 1 is 1.38 bits per heavy atom. The van der Waals surface area contributed by atoms with Crippen LogP contribution in [0.3, 0.4) is 0 Å². The van der Waals surface area contributed by atoms with Crippen molar-refractivity contribution in [3.05, 3.63) is 35.4 Å². The van der Waals surface area contributed by atoms with Gasteiger partial charge < -0.3 is 9.84 Å². The molecule has 3 nitrogen and oxygen atoms in total. The van der Waals surface area contributed by atoms with Crippen LogP contribution in [0.2, 0.25) is 0 Å². The Bertz CT molecular complexity index is 562. The first-order valence-electron chi connectivity index (χ1n) is 7.77. The van der Waals surface area contributed by atoms with Crippen LogP contribution in [0.1, 0.15) is 36.8 Å². The molecule has 2 aliphatic carbocycles. The van der Waals surface area contributed by atoms with E-state index in [0.29, 0.717) is 5.92 Å². The highest BCUT2D eigenvalue weighted by Gasteiger charge is 2.39. The zero-order valence-corrected chi connectivity index (χ0v) is 12.4. The lowest BCUT2D eigenvalue weighted by Gasteiger charge is -2.23. The van der Waals surface area contributed by atoms with Gasteiger partial charge >= 0.3 is 5.97 Å². The molecule has 0 amide bonds. The minimum absolute atomic E-state index is 0.680. The largest absolute Gasteiger partial charge is 0.492 e. The van der Waals surface area contributed by atoms with E-state index in [1.807, 2.05) is 25.1 Å². The highest BCUT2D eigenvalue weighted by Crippen LogP contribution is 2.48. The fourth-order valence-corrected chi connectivity index (χ4v) is 3.94. The molecule has 1 aromatic carbocycles. The summed E-state index contributed by atoms with van der Waals surface area (Å²) in [5.41, 5.74) is 1.91. The number of ether oxygens (including phenoxy) is 1. The minimum Gasteiger partial charge on any atom is -0.492 e. The molecular weight excluding hydrogens is 264 g/mol. The fourth-order valence-electron chi connectivity index (χ4n) is 3.94. The number of aliphatic carboxylic acids is 1. The van der Waals surface area contributed by atoms with Gasteiger partial charge in [0.25, 0.3) is 0 Å². The summed E-state index contributed by atoms with van der Waals surface area (Å²) in [5, 5.41) is 8.78. The predicted octanol–water partition coefficient (Wildman–Crippen LogP) is 3.91. The summed E-state index contributed by atoms with van der Waals surface area (Å²) in [6, 6.07) is 5.85. The van der Waals surface area contributed by atoms with Gasteiger partial charge in [-0.15, -0.1) is 0 Å². The molecule has 0 spiro atoms. The van der Waals surface area contributed by atoms with E-state index in [9.17, 15) is 4.79 Å². The Labute approximate surface area is 125 Å². The molecule has 3 unspecified atom stereocenters. The standard InChI is InChI=1S/C18H22O3/c1-12-3-2-4-14(7-8-17(19)20)18(12)21-11-16-10-13-5-6-15(16)9-13/h2-4,7-8,13,15-16H,5-6,9-11H2,1H3,(H,19,20)/b8-7+. The SMILES string of the molecule is Cc1cccc(/C=C/C(=O)O)c1OCC1CC2CCC1C2. The van der Waals surface area contributed by atoms with Gasteiger partial charge in [0, 0.05) is 11.6 Å². The number of carboxylic acids is 1. The fraction of sp³-hybridized carbons (Fsp3) is 0.500. The smallest absolute Gasteiger partial charge is 0.328 e. The van der Waals surface area contributed by atoms with Crippen molar-refractivity contribution in [3.63, 3.8) is 0 Å². The summed E-state index contributed by atoms with van der Waals surface area (Å²) in [7, 11) is 0. The first kappa shape index (κ1) is 14.2. The Hall–Kier alpha value is -1.77. The van der Waals surface area contributed by atoms with E-state index in [1.165, 1.54) is 31.8 Å². The van der Waals surface area contributed by atoms with Crippen molar-refractivity contribution in [2.75, 3.05) is 6.61 Å². The maximum absolute atomic E-state index is 10.7. The monoisotopic (exact) mass is 286 g/mol. The van der Waals surface area contributed by atoms with Gasteiger partial charge in [0.05, 0.1) is 6.61 Å². The molecule has 1 aromatic rings. The lowest BCUT2D eigenvalue weighted by atomic mass is 9.89. The zero-order chi connectivity index (χ0) is 14.8. The van der Waals surface area contributed by atoms with Crippen molar-refractivity contribution >= 4 is 12.0 Å². The molecule has 3 atom stereocenters. The number of benzene rings is 1. The molecule has 0 aromatic heterocycles. The second kappa shape index (κ2) is 5.92. The molecule has 2 fully saturated rings. The van der Waals surface area contributed by atoms with E-state index >= 15 is 0 Å². The van der Waals surface area contributed by atoms with Crippen molar-refractivity contribution in [2.45, 2.75) is 32.6 Å². The second-order valence-corrected chi connectivity index (χ2v) is 6.41. The highest BCUT2D eigenvalue weighted by atomic mass is 16.5. The quantitative estimate of drug-likeness (QED) is 0.835. The molecule has 0 saturated heterocycles. The molecule has 112 valence electrons. The lowest BCUT2D eigenvalue weighted by Crippen LogP contribution is -2.19. The molecule has 3 rings (SSSR count). The predicted molar refractivity (Wildman–Crippen MR) is 82.3 cm³/mol. The van der Waals surface area contributed by atoms with Crippen LogP contribution in [0.25, 0.3) is 6.08 Å². The second-order valence-electron chi connectivity index (χ2n) is 6.41. The molecule has 0 aliphatic heterocycles. The average Bonchev–Trinajstić information content (AvgIpc) is 3.06. The van der Waals surface area contributed by atoms with Crippen molar-refractivity contribution in [2.24, 2.45) is 17.8 Å². The summed E-state index contributed by atoms with van der Waals surface area (Å²) in [5.74, 6) is 2.34. The number of rotatable bonds is 5. The first-order chi connectivity index (χ1) is 10.1. The van der Waals surface area contributed by atoms with Crippen LogP contribution in [0.4, 0.5) is 0 Å². The maximum Gasteiger partial charge on any atom is 0.328 e. The molecule has 2 saturated carbocycles. The van der Waals surface area contributed by atoms with Gasteiger partial charge in [0.15, 0.2) is 0 Å². The van der Waals surface area contributed by atoms with E-state index in [2.05, 4.69) is 0 Å². The van der Waals surface area contributed by atoms with E-state index in [-0.39, 0.29) is 0 Å². The van der Waals surface area contributed by atoms with Crippen LogP contribution in [0.5, 0.6) is 5.75 Å². The number of carboxylic acid groups (broad SMARTS) is 1. The van der Waals surface area contributed by atoms with Crippen molar-refractivity contribution in [1.29, 1.82) is 0 Å². The van der Waals surface area contributed by atoms with E-state index in [0.717, 1.165) is 35.3 Å². The summed E-state index contributed by atoms with van der Waals surface area (Å²) >= 11 is 0. The van der Waals surface area contributed by atoms with Gasteiger partial charge in [-0.2, -0.15) is 0 Å². The summed E-state index contributed by atoms with van der Waals surface area (Å²) in [4.78, 5) is 10.7. The molecule has 2 bridgehead atoms. The molecule has 0 radical (unpaired) electrons. The number of hydrogen-bond acceptors (Lipinski definition) is 2. The Morgan fingerprint density at radius 2 is 2.24 bits per heavy atom. The van der Waals surface area contributed by atoms with E-state index in [1.54, 1.807) is 6.08 Å². The lowest BCUT2D eigenvalue weighted by molar-refractivity contribution is -0.131. The highest BCUT2D eigenvalue weighted by molar-refractivity contribution is 5.86. The van der Waals surface area contributed by atoms with Gasteiger partial charge in [-0.3, -0.25) is 0 Å². The normalized spacial score (nSPS) is 27.4. The minimum atomic E-state index is -0.935. The zero-order valence-electron chi connectivity index (χ0n) is 12.4. The van der Waals surface area contributed by atoms with Crippen LogP contribution >= 0.6 is 0 Å². The molecular formula is C18H22O3. The van der Waals surface area contributed by atoms with Crippen LogP contribution in [-0.2, 0) is 4.79 Å². The maximum atomic E-state index is 10.7. The molecule has 2 aliphatic rings. The number of hydrogen-bond donors (Lipinski definition) is 1. The Morgan fingerprint density at radius 3 is 2.90 bits per heavy atom. The van der Waals surface area contributed by atoms with Crippen molar-refractivity contribution < 1.29 is 14.6 Å². The first-order valence-corrected chi connectivity index (χ1v) is 7.77. The van der Waals surface area contributed by atoms with Gasteiger partial charge in [-0.1, -0.05) is 24.6 Å². The number of aryl methyl sites for hydroxylation is 1. The van der Waals surface area contributed by atoms with Crippen molar-refractivity contribution in [3.8, 4) is 5.75 Å². The van der Waals surface area contributed by atoms with Crippen LogP contribution < -0.4 is 4.74 Å². The molecule has 21 heavy (non-hydrogen) atoms. The van der Waals surface area contributed by atoms with Gasteiger partial charge in [0.1, 0.15) is 5.75 Å². The molecule has 3 heteroatoms. The van der Waals surface area contributed by atoms with Crippen LogP contribution in [-0.4, -0.2) is 17.7 Å². The van der Waals surface area contributed by atoms with Crippen LogP contribution in [0.15, 0.2) is 24.3 Å². The number of para-hydroxylation sites is 1. The molecule has 1 N–H and O–H groups in total.